The Balaban J connectivity index is 0.000000791. The summed E-state index contributed by atoms with van der Waals surface area (Å²) in [5, 5.41) is 0.685. The van der Waals surface area contributed by atoms with E-state index in [9.17, 15) is 0 Å². The Morgan fingerprint density at radius 3 is 2.57 bits per heavy atom. The van der Waals surface area contributed by atoms with Gasteiger partial charge in [0.15, 0.2) is 0 Å². The molecule has 0 radical (unpaired) electrons. The van der Waals surface area contributed by atoms with E-state index in [-0.39, 0.29) is 0 Å². The molecule has 0 saturated carbocycles. The molecule has 14 heavy (non-hydrogen) atoms. The summed E-state index contributed by atoms with van der Waals surface area (Å²) in [4.78, 5) is 8.18. The molecule has 0 aliphatic heterocycles. The number of aromatic nitrogens is 2. The molecule has 1 aromatic rings. The summed E-state index contributed by atoms with van der Waals surface area (Å²) in [5.74, 6) is 0.700. The number of hydrogen-bond donors (Lipinski definition) is 1. The standard InChI is InChI=1S/C8H12N2OS.C2H6/c1-3-4-7-5-9-6(2)10-8(7)12-11;1-2/h5,11H,3-4H2,1-2H3;1-2H3. The van der Waals surface area contributed by atoms with Gasteiger partial charge in [-0.1, -0.05) is 27.2 Å². The van der Waals surface area contributed by atoms with Gasteiger partial charge in [0.1, 0.15) is 10.9 Å². The maximum Gasteiger partial charge on any atom is 0.130 e. The van der Waals surface area contributed by atoms with Crippen molar-refractivity contribution >= 4 is 12.0 Å². The van der Waals surface area contributed by atoms with E-state index in [1.807, 2.05) is 20.8 Å². The van der Waals surface area contributed by atoms with Gasteiger partial charge in [0.2, 0.25) is 0 Å². The summed E-state index contributed by atoms with van der Waals surface area (Å²) >= 11 is 0.698. The first kappa shape index (κ1) is 13.4. The molecule has 3 nitrogen and oxygen atoms in total. The Morgan fingerprint density at radius 2 is 2.07 bits per heavy atom. The predicted octanol–water partition coefficient (Wildman–Crippen LogP) is 3.33. The normalized spacial score (nSPS) is 9.21. The van der Waals surface area contributed by atoms with Crippen LogP contribution in [0, 0.1) is 6.92 Å². The van der Waals surface area contributed by atoms with Gasteiger partial charge in [0.25, 0.3) is 0 Å². The van der Waals surface area contributed by atoms with Crippen LogP contribution in [0.2, 0.25) is 0 Å². The Hall–Kier alpha value is -0.610. The molecule has 0 aliphatic carbocycles. The van der Waals surface area contributed by atoms with Crippen LogP contribution in [0.5, 0.6) is 0 Å². The van der Waals surface area contributed by atoms with E-state index in [4.69, 9.17) is 4.55 Å². The summed E-state index contributed by atoms with van der Waals surface area (Å²) in [6.45, 7) is 7.90. The van der Waals surface area contributed by atoms with Crippen LogP contribution in [0.25, 0.3) is 0 Å². The lowest BCUT2D eigenvalue weighted by atomic mass is 10.2. The minimum Gasteiger partial charge on any atom is -0.324 e. The first-order chi connectivity index (χ1) is 6.77. The average molecular weight is 214 g/mol. The number of aryl methyl sites for hydroxylation is 2. The molecule has 0 saturated heterocycles. The van der Waals surface area contributed by atoms with Crippen molar-refractivity contribution in [3.05, 3.63) is 17.6 Å². The highest BCUT2D eigenvalue weighted by molar-refractivity contribution is 7.93. The van der Waals surface area contributed by atoms with Crippen LogP contribution >= 0.6 is 12.0 Å². The largest absolute Gasteiger partial charge is 0.324 e. The van der Waals surface area contributed by atoms with Crippen LogP contribution in [0.4, 0.5) is 0 Å². The summed E-state index contributed by atoms with van der Waals surface area (Å²) in [6.07, 6.45) is 3.74. The van der Waals surface area contributed by atoms with Crippen molar-refractivity contribution in [1.82, 2.24) is 9.97 Å². The maximum atomic E-state index is 8.90. The average Bonchev–Trinajstić information content (AvgIpc) is 2.24. The molecule has 0 atom stereocenters. The van der Waals surface area contributed by atoms with Crippen LogP contribution in [-0.4, -0.2) is 14.5 Å². The third-order valence-corrected chi connectivity index (χ3v) is 2.08. The fourth-order valence-corrected chi connectivity index (χ4v) is 1.44. The molecule has 1 heterocycles. The van der Waals surface area contributed by atoms with E-state index in [2.05, 4.69) is 16.9 Å². The second kappa shape index (κ2) is 7.76. The van der Waals surface area contributed by atoms with E-state index < -0.39 is 0 Å². The molecule has 0 aromatic carbocycles. The van der Waals surface area contributed by atoms with Crippen molar-refractivity contribution in [3.8, 4) is 0 Å². The van der Waals surface area contributed by atoms with Crippen molar-refractivity contribution < 1.29 is 4.55 Å². The minimum atomic E-state index is 0.685. The molecule has 1 aromatic heterocycles. The molecular formula is C10H18N2OS. The van der Waals surface area contributed by atoms with E-state index in [1.165, 1.54) is 0 Å². The zero-order valence-corrected chi connectivity index (χ0v) is 10.1. The fraction of sp³-hybridized carbons (Fsp3) is 0.600. The summed E-state index contributed by atoms with van der Waals surface area (Å²) in [6, 6.07) is 0. The van der Waals surface area contributed by atoms with Crippen molar-refractivity contribution in [2.75, 3.05) is 0 Å². The van der Waals surface area contributed by atoms with Crippen LogP contribution in [0.3, 0.4) is 0 Å². The minimum absolute atomic E-state index is 0.685. The van der Waals surface area contributed by atoms with E-state index in [0.29, 0.717) is 22.9 Å². The van der Waals surface area contributed by atoms with Gasteiger partial charge < -0.3 is 4.55 Å². The first-order valence-electron chi connectivity index (χ1n) is 4.92. The molecule has 4 heteroatoms. The van der Waals surface area contributed by atoms with E-state index in [1.54, 1.807) is 6.20 Å². The monoisotopic (exact) mass is 214 g/mol. The molecule has 0 spiro atoms. The lowest BCUT2D eigenvalue weighted by Gasteiger charge is -2.03. The summed E-state index contributed by atoms with van der Waals surface area (Å²) in [5.41, 5.74) is 1.02. The lowest BCUT2D eigenvalue weighted by Crippen LogP contribution is -1.96. The number of nitrogens with zero attached hydrogens (tertiary/aromatic N) is 2. The zero-order valence-electron chi connectivity index (χ0n) is 9.24. The Morgan fingerprint density at radius 1 is 1.43 bits per heavy atom. The van der Waals surface area contributed by atoms with Crippen molar-refractivity contribution in [2.24, 2.45) is 0 Å². The maximum absolute atomic E-state index is 8.90. The predicted molar refractivity (Wildman–Crippen MR) is 60.6 cm³/mol. The van der Waals surface area contributed by atoms with Gasteiger partial charge in [-0.25, -0.2) is 9.97 Å². The van der Waals surface area contributed by atoms with Crippen LogP contribution in [-0.2, 0) is 6.42 Å². The van der Waals surface area contributed by atoms with Crippen LogP contribution in [0.15, 0.2) is 11.2 Å². The van der Waals surface area contributed by atoms with Gasteiger partial charge in [-0.15, -0.1) is 0 Å². The number of rotatable bonds is 3. The molecule has 0 fully saturated rings. The Kier molecular flexibility index (Phi) is 7.42. The first-order valence-corrected chi connectivity index (χ1v) is 5.69. The van der Waals surface area contributed by atoms with Gasteiger partial charge in [-0.3, -0.25) is 0 Å². The van der Waals surface area contributed by atoms with Gasteiger partial charge in [0.05, 0.1) is 0 Å². The van der Waals surface area contributed by atoms with Gasteiger partial charge in [-0.05, 0) is 13.3 Å². The summed E-state index contributed by atoms with van der Waals surface area (Å²) < 4.78 is 8.90. The second-order valence-electron chi connectivity index (χ2n) is 2.59. The quantitative estimate of drug-likeness (QED) is 0.619. The van der Waals surface area contributed by atoms with Crippen LogP contribution < -0.4 is 0 Å². The third-order valence-electron chi connectivity index (χ3n) is 1.55. The molecule has 1 rings (SSSR count). The van der Waals surface area contributed by atoms with Gasteiger partial charge in [-0.2, -0.15) is 0 Å². The molecule has 80 valence electrons. The van der Waals surface area contributed by atoms with E-state index >= 15 is 0 Å². The lowest BCUT2D eigenvalue weighted by molar-refractivity contribution is 0.655. The van der Waals surface area contributed by atoms with Crippen molar-refractivity contribution in [3.63, 3.8) is 0 Å². The molecule has 0 unspecified atom stereocenters. The fourth-order valence-electron chi connectivity index (χ4n) is 0.994. The van der Waals surface area contributed by atoms with Gasteiger partial charge >= 0.3 is 0 Å². The smallest absolute Gasteiger partial charge is 0.130 e. The SMILES string of the molecule is CC.CCCc1cnc(C)nc1SO. The third kappa shape index (κ3) is 4.07. The highest BCUT2D eigenvalue weighted by atomic mass is 32.2. The van der Waals surface area contributed by atoms with Crippen molar-refractivity contribution in [2.45, 2.75) is 45.6 Å². The summed E-state index contributed by atoms with van der Waals surface area (Å²) in [7, 11) is 0. The van der Waals surface area contributed by atoms with Crippen molar-refractivity contribution in [1.29, 1.82) is 0 Å². The Bertz CT molecular complexity index is 266. The number of hydrogen-bond acceptors (Lipinski definition) is 4. The van der Waals surface area contributed by atoms with Gasteiger partial charge in [0, 0.05) is 23.8 Å². The molecule has 0 amide bonds. The van der Waals surface area contributed by atoms with E-state index in [0.717, 1.165) is 18.4 Å². The zero-order chi connectivity index (χ0) is 11.0. The second-order valence-corrected chi connectivity index (χ2v) is 3.16. The molecule has 0 bridgehead atoms. The van der Waals surface area contributed by atoms with Crippen LogP contribution in [0.1, 0.15) is 38.6 Å². The Labute approximate surface area is 90.2 Å². The highest BCUT2D eigenvalue weighted by Gasteiger charge is 2.03. The molecular weight excluding hydrogens is 196 g/mol. The highest BCUT2D eigenvalue weighted by Crippen LogP contribution is 2.17. The molecule has 1 N–H and O–H groups in total. The molecule has 0 aliphatic rings. The topological polar surface area (TPSA) is 46.0 Å².